The Kier molecular flexibility index (Phi) is 6.79. The van der Waals surface area contributed by atoms with Gasteiger partial charge in [0.2, 0.25) is 0 Å². The maximum absolute atomic E-state index is 10.9. The smallest absolute Gasteiger partial charge is 0.341 e. The number of benzene rings is 3. The van der Waals surface area contributed by atoms with Gasteiger partial charge >= 0.3 is 5.97 Å². The minimum Gasteiger partial charge on any atom is -0.482 e. The van der Waals surface area contributed by atoms with Gasteiger partial charge in [0.05, 0.1) is 0 Å². The molecule has 0 atom stereocenters. The molecule has 3 aromatic rings. The van der Waals surface area contributed by atoms with Crippen LogP contribution in [0, 0.1) is 0 Å². The van der Waals surface area contributed by atoms with Crippen molar-refractivity contribution in [2.24, 2.45) is 0 Å². The number of hydrogen-bond donors (Lipinski definition) is 1. The van der Waals surface area contributed by atoms with Crippen LogP contribution in [0.15, 0.2) is 78.9 Å². The van der Waals surface area contributed by atoms with E-state index in [-0.39, 0.29) is 12.0 Å². The van der Waals surface area contributed by atoms with Crippen LogP contribution in [0.2, 0.25) is 0 Å². The number of hydrogen-bond acceptors (Lipinski definition) is 3. The highest BCUT2D eigenvalue weighted by Gasteiger charge is 2.29. The van der Waals surface area contributed by atoms with Gasteiger partial charge in [0.1, 0.15) is 5.75 Å². The molecule has 0 aromatic heterocycles. The molecule has 4 heteroatoms. The van der Waals surface area contributed by atoms with E-state index in [9.17, 15) is 4.79 Å². The number of ether oxygens (including phenoxy) is 1. The predicted octanol–water partition coefficient (Wildman–Crippen LogP) is 5.69. The van der Waals surface area contributed by atoms with Crippen molar-refractivity contribution in [1.29, 1.82) is 0 Å². The Labute approximate surface area is 190 Å². The van der Waals surface area contributed by atoms with Crippen LogP contribution in [0.1, 0.15) is 42.9 Å². The van der Waals surface area contributed by atoms with E-state index in [0.717, 1.165) is 44.3 Å². The number of carboxylic acid groups (broad SMARTS) is 1. The highest BCUT2D eigenvalue weighted by atomic mass is 16.5. The first-order valence-corrected chi connectivity index (χ1v) is 11.4. The normalized spacial score (nSPS) is 13.5. The van der Waals surface area contributed by atoms with E-state index in [2.05, 4.69) is 78.6 Å². The maximum Gasteiger partial charge on any atom is 0.341 e. The van der Waals surface area contributed by atoms with Crippen molar-refractivity contribution in [2.45, 2.75) is 38.0 Å². The van der Waals surface area contributed by atoms with E-state index in [0.29, 0.717) is 5.75 Å². The monoisotopic (exact) mass is 429 g/mol. The lowest BCUT2D eigenvalue weighted by molar-refractivity contribution is -0.139. The van der Waals surface area contributed by atoms with Crippen molar-refractivity contribution in [3.63, 3.8) is 0 Å². The van der Waals surface area contributed by atoms with Gasteiger partial charge in [-0.25, -0.2) is 4.79 Å². The van der Waals surface area contributed by atoms with Crippen LogP contribution in [0.3, 0.4) is 0 Å². The molecular formula is C28H31NO3. The summed E-state index contributed by atoms with van der Waals surface area (Å²) in [5.74, 6) is -0.246. The van der Waals surface area contributed by atoms with Gasteiger partial charge < -0.3 is 14.7 Å². The quantitative estimate of drug-likeness (QED) is 0.475. The van der Waals surface area contributed by atoms with Gasteiger partial charge in [0.15, 0.2) is 6.61 Å². The second-order valence-corrected chi connectivity index (χ2v) is 8.69. The van der Waals surface area contributed by atoms with E-state index in [1.165, 1.54) is 16.8 Å². The Morgan fingerprint density at radius 1 is 0.969 bits per heavy atom. The number of rotatable bonds is 9. The fourth-order valence-corrected chi connectivity index (χ4v) is 4.87. The lowest BCUT2D eigenvalue weighted by atomic mass is 9.73. The first-order chi connectivity index (χ1) is 15.6. The topological polar surface area (TPSA) is 49.8 Å². The fraction of sp³-hybridized carbons (Fsp3) is 0.321. The summed E-state index contributed by atoms with van der Waals surface area (Å²) in [6, 6.07) is 27.5. The zero-order valence-corrected chi connectivity index (χ0v) is 18.7. The van der Waals surface area contributed by atoms with Crippen LogP contribution < -0.4 is 9.64 Å². The largest absolute Gasteiger partial charge is 0.482 e. The number of anilines is 1. The average Bonchev–Trinajstić information content (AvgIpc) is 2.84. The molecule has 1 aliphatic rings. The van der Waals surface area contributed by atoms with Crippen molar-refractivity contribution in [3.05, 3.63) is 95.6 Å². The van der Waals surface area contributed by atoms with Crippen molar-refractivity contribution in [2.75, 3.05) is 24.6 Å². The van der Waals surface area contributed by atoms with Crippen LogP contribution in [-0.4, -0.2) is 30.8 Å². The summed E-state index contributed by atoms with van der Waals surface area (Å²) in [7, 11) is 0. The van der Waals surface area contributed by atoms with Gasteiger partial charge in [0.25, 0.3) is 0 Å². The Bertz CT molecular complexity index is 994. The summed E-state index contributed by atoms with van der Waals surface area (Å²) in [4.78, 5) is 13.4. The van der Waals surface area contributed by atoms with Crippen LogP contribution in [-0.2, 0) is 16.6 Å². The van der Waals surface area contributed by atoms with Gasteiger partial charge in [-0.2, -0.15) is 0 Å². The molecule has 1 N–H and O–H groups in total. The molecule has 0 saturated heterocycles. The molecule has 3 aromatic carbocycles. The summed E-state index contributed by atoms with van der Waals surface area (Å²) in [6.45, 7) is 4.02. The van der Waals surface area contributed by atoms with Crippen molar-refractivity contribution < 1.29 is 14.6 Å². The molecule has 1 aliphatic heterocycles. The number of carboxylic acids is 1. The third-order valence-corrected chi connectivity index (χ3v) is 6.58. The summed E-state index contributed by atoms with van der Waals surface area (Å²) in [5, 5.41) is 8.98. The standard InChI is InChI=1S/C28H31NO3/c1-28(22-11-4-2-5-12-22,23-13-6-3-7-14-23)18-10-20-29-19-9-15-24-25(29)16-8-17-26(24)32-21-27(30)31/h2-8,11-14,16-17H,9-10,15,18-21H2,1H3,(H,30,31). The summed E-state index contributed by atoms with van der Waals surface area (Å²) < 4.78 is 5.56. The maximum atomic E-state index is 10.9. The van der Waals surface area contributed by atoms with Crippen molar-refractivity contribution >= 4 is 11.7 Å². The Balaban J connectivity index is 1.50. The molecule has 0 fully saturated rings. The second kappa shape index (κ2) is 9.90. The molecule has 0 saturated carbocycles. The second-order valence-electron chi connectivity index (χ2n) is 8.69. The lowest BCUT2D eigenvalue weighted by Crippen LogP contribution is -2.32. The van der Waals surface area contributed by atoms with Gasteiger partial charge in [-0.15, -0.1) is 0 Å². The van der Waals surface area contributed by atoms with E-state index < -0.39 is 5.97 Å². The average molecular weight is 430 g/mol. The SMILES string of the molecule is CC(CCCN1CCCc2c(OCC(=O)O)cccc21)(c1ccccc1)c1ccccc1. The molecule has 4 nitrogen and oxygen atoms in total. The van der Waals surface area contributed by atoms with Crippen LogP contribution >= 0.6 is 0 Å². The molecule has 0 bridgehead atoms. The van der Waals surface area contributed by atoms with E-state index >= 15 is 0 Å². The minimum absolute atomic E-state index is 0.0480. The molecule has 0 unspecified atom stereocenters. The lowest BCUT2D eigenvalue weighted by Gasteiger charge is -2.35. The summed E-state index contributed by atoms with van der Waals surface area (Å²) >= 11 is 0. The number of carbonyl (C=O) groups is 1. The first kappa shape index (κ1) is 21.9. The molecule has 32 heavy (non-hydrogen) atoms. The van der Waals surface area contributed by atoms with Gasteiger partial charge in [-0.05, 0) is 48.9 Å². The number of fused-ring (bicyclic) bond motifs is 1. The molecule has 0 amide bonds. The van der Waals surface area contributed by atoms with Crippen LogP contribution in [0.4, 0.5) is 5.69 Å². The van der Waals surface area contributed by atoms with Gasteiger partial charge in [-0.3, -0.25) is 0 Å². The molecule has 1 heterocycles. The van der Waals surface area contributed by atoms with Gasteiger partial charge in [0, 0.05) is 29.8 Å². The fourth-order valence-electron chi connectivity index (χ4n) is 4.87. The van der Waals surface area contributed by atoms with E-state index in [1.54, 1.807) is 0 Å². The Morgan fingerprint density at radius 2 is 1.62 bits per heavy atom. The highest BCUT2D eigenvalue weighted by molar-refractivity contribution is 5.69. The molecule has 0 aliphatic carbocycles. The van der Waals surface area contributed by atoms with E-state index in [4.69, 9.17) is 9.84 Å². The molecule has 4 rings (SSSR count). The number of nitrogens with zero attached hydrogens (tertiary/aromatic N) is 1. The van der Waals surface area contributed by atoms with E-state index in [1.807, 2.05) is 12.1 Å². The zero-order chi connectivity index (χ0) is 22.4. The predicted molar refractivity (Wildman–Crippen MR) is 129 cm³/mol. The van der Waals surface area contributed by atoms with Crippen LogP contribution in [0.5, 0.6) is 5.75 Å². The Hall–Kier alpha value is -3.27. The third kappa shape index (κ3) is 4.80. The molecular weight excluding hydrogens is 398 g/mol. The number of aliphatic carboxylic acids is 1. The van der Waals surface area contributed by atoms with Gasteiger partial charge in [-0.1, -0.05) is 73.7 Å². The highest BCUT2D eigenvalue weighted by Crippen LogP contribution is 2.38. The zero-order valence-electron chi connectivity index (χ0n) is 18.7. The third-order valence-electron chi connectivity index (χ3n) is 6.58. The first-order valence-electron chi connectivity index (χ1n) is 11.4. The van der Waals surface area contributed by atoms with Crippen molar-refractivity contribution in [3.8, 4) is 5.75 Å². The van der Waals surface area contributed by atoms with Crippen LogP contribution in [0.25, 0.3) is 0 Å². The van der Waals surface area contributed by atoms with Crippen molar-refractivity contribution in [1.82, 2.24) is 0 Å². The minimum atomic E-state index is -0.948. The Morgan fingerprint density at radius 3 is 2.25 bits per heavy atom. The summed E-state index contributed by atoms with van der Waals surface area (Å²) in [5.41, 5.74) is 4.95. The molecule has 166 valence electrons. The summed E-state index contributed by atoms with van der Waals surface area (Å²) in [6.07, 6.45) is 4.07. The molecule has 0 radical (unpaired) electrons. The molecule has 0 spiro atoms.